The Balaban J connectivity index is 2.05. The molecule has 2 aromatic carbocycles. The largest absolute Gasteiger partial charge is 0.493 e. The topological polar surface area (TPSA) is 46.2 Å². The smallest absolute Gasteiger partial charge is 0.160 e. The van der Waals surface area contributed by atoms with Gasteiger partial charge in [-0.1, -0.05) is 36.4 Å². The second-order valence-electron chi connectivity index (χ2n) is 11.1. The van der Waals surface area contributed by atoms with Crippen LogP contribution in [0, 0.1) is 0 Å². The summed E-state index contributed by atoms with van der Waals surface area (Å²) in [6.07, 6.45) is 18.7. The van der Waals surface area contributed by atoms with Crippen molar-refractivity contribution in [3.8, 4) is 23.0 Å². The molecule has 0 radical (unpaired) electrons. The van der Waals surface area contributed by atoms with E-state index in [-0.39, 0.29) is 9.68 Å². The average Bonchev–Trinajstić information content (AvgIpc) is 2.96. The van der Waals surface area contributed by atoms with Crippen molar-refractivity contribution in [3.05, 3.63) is 71.8 Å². The van der Waals surface area contributed by atoms with E-state index in [0.717, 1.165) is 60.9 Å². The van der Waals surface area contributed by atoms with Crippen LogP contribution in [0.4, 0.5) is 0 Å². The van der Waals surface area contributed by atoms with Crippen molar-refractivity contribution in [3.63, 3.8) is 0 Å². The van der Waals surface area contributed by atoms with Gasteiger partial charge in [0.15, 0.2) is 23.0 Å². The number of allylic oxidation sites excluding steroid dienone is 2. The first-order valence-electron chi connectivity index (χ1n) is 14.3. The zero-order valence-corrected chi connectivity index (χ0v) is 28.5. The van der Waals surface area contributed by atoms with E-state index in [1.54, 1.807) is 40.5 Å². The first kappa shape index (κ1) is 35.0. The summed E-state index contributed by atoms with van der Waals surface area (Å²) in [6.45, 7) is 8.68. The molecule has 0 aliphatic rings. The Bertz CT molecular complexity index is 1130. The van der Waals surface area contributed by atoms with Gasteiger partial charge in [-0.05, 0) is 113 Å². The fourth-order valence-electron chi connectivity index (χ4n) is 4.68. The minimum atomic E-state index is -1.06. The lowest BCUT2D eigenvalue weighted by atomic mass is 9.97. The van der Waals surface area contributed by atoms with Crippen LogP contribution in [-0.2, 0) is 17.0 Å². The van der Waals surface area contributed by atoms with E-state index < -0.39 is 10.0 Å². The summed E-state index contributed by atoms with van der Waals surface area (Å²) in [7, 11) is 5.64. The summed E-state index contributed by atoms with van der Waals surface area (Å²) in [4.78, 5) is -0.257. The average molecular weight is 605 g/mol. The van der Waals surface area contributed by atoms with Crippen LogP contribution >= 0.6 is 22.1 Å². The number of aryl methyl sites for hydroxylation is 2. The maximum absolute atomic E-state index is 6.78. The summed E-state index contributed by atoms with van der Waals surface area (Å²) < 4.78 is 28.3. The van der Waals surface area contributed by atoms with Crippen LogP contribution < -0.4 is 18.9 Å². The number of hydrogen-bond donors (Lipinski definition) is 0. The highest BCUT2D eigenvalue weighted by Crippen LogP contribution is 2.57. The van der Waals surface area contributed by atoms with E-state index >= 15 is 0 Å². The van der Waals surface area contributed by atoms with Crippen LogP contribution in [0.5, 0.6) is 23.0 Å². The lowest BCUT2D eigenvalue weighted by molar-refractivity contribution is 0.240. The van der Waals surface area contributed by atoms with Gasteiger partial charge in [-0.15, -0.1) is 0 Å². The molecule has 0 aliphatic heterocycles. The second-order valence-corrected chi connectivity index (χ2v) is 16.7. The van der Waals surface area contributed by atoms with Gasteiger partial charge in [0.1, 0.15) is 4.93 Å². The molecule has 0 amide bonds. The standard InChI is InChI=1S/C34H52O5S2/c1-11-21-34(22-12-2,23-13-15-27-17-19-29(35-5)31(25-27)37-7)40-39-33(3,4)41(9,10)24-14-16-28-18-20-30(36-6)32(26-28)38-8/h11-12,17-22,25-26H,13-16,23-24H2,1-10H3. The molecule has 0 aromatic heterocycles. The third-order valence-corrected chi connectivity index (χ3v) is 13.1. The monoisotopic (exact) mass is 604 g/mol. The SMILES string of the molecule is CC=CC(C=CC)(CCCc1ccc(OC)c(OC)c1)SOC(C)(C)S(C)(C)CCCc1ccc(OC)c(OC)c1. The first-order chi connectivity index (χ1) is 19.5. The molecule has 230 valence electrons. The van der Waals surface area contributed by atoms with E-state index in [4.69, 9.17) is 23.1 Å². The number of benzene rings is 2. The highest BCUT2D eigenvalue weighted by molar-refractivity contribution is 8.33. The number of ether oxygens (including phenoxy) is 4. The molecule has 0 unspecified atom stereocenters. The molecule has 0 fully saturated rings. The van der Waals surface area contributed by atoms with E-state index in [2.05, 4.69) is 88.8 Å². The molecule has 0 heterocycles. The molecule has 0 N–H and O–H groups in total. The predicted molar refractivity (Wildman–Crippen MR) is 180 cm³/mol. The van der Waals surface area contributed by atoms with Crippen LogP contribution in [0.15, 0.2) is 60.7 Å². The Labute approximate surface area is 255 Å². The molecule has 0 spiro atoms. The van der Waals surface area contributed by atoms with E-state index in [0.29, 0.717) is 0 Å². The summed E-state index contributed by atoms with van der Waals surface area (Å²) in [5, 5.41) is 0. The van der Waals surface area contributed by atoms with Crippen LogP contribution in [0.1, 0.15) is 58.1 Å². The van der Waals surface area contributed by atoms with Gasteiger partial charge in [0.2, 0.25) is 0 Å². The Morgan fingerprint density at radius 2 is 1.17 bits per heavy atom. The molecular weight excluding hydrogens is 553 g/mol. The zero-order valence-electron chi connectivity index (χ0n) is 26.9. The third-order valence-electron chi connectivity index (χ3n) is 7.67. The number of rotatable bonds is 18. The van der Waals surface area contributed by atoms with Crippen molar-refractivity contribution in [1.29, 1.82) is 0 Å². The molecule has 2 rings (SSSR count). The Morgan fingerprint density at radius 3 is 1.61 bits per heavy atom. The fourth-order valence-corrected chi connectivity index (χ4v) is 7.84. The molecule has 7 heteroatoms. The summed E-state index contributed by atoms with van der Waals surface area (Å²) in [5.41, 5.74) is 2.50. The Morgan fingerprint density at radius 1 is 0.707 bits per heavy atom. The first-order valence-corrected chi connectivity index (χ1v) is 17.6. The molecular formula is C34H52O5S2. The quantitative estimate of drug-likeness (QED) is 0.125. The number of methoxy groups -OCH3 is 4. The highest BCUT2D eigenvalue weighted by atomic mass is 32.3. The van der Waals surface area contributed by atoms with E-state index in [1.807, 2.05) is 12.1 Å². The summed E-state index contributed by atoms with van der Waals surface area (Å²) >= 11 is 1.61. The number of hydrogen-bond acceptors (Lipinski definition) is 6. The van der Waals surface area contributed by atoms with Crippen LogP contribution in [-0.4, -0.2) is 56.4 Å². The van der Waals surface area contributed by atoms with Crippen molar-refractivity contribution in [2.24, 2.45) is 0 Å². The minimum absolute atomic E-state index is 0.230. The van der Waals surface area contributed by atoms with E-state index in [9.17, 15) is 0 Å². The van der Waals surface area contributed by atoms with E-state index in [1.165, 1.54) is 11.1 Å². The zero-order chi connectivity index (χ0) is 30.5. The van der Waals surface area contributed by atoms with Crippen LogP contribution in [0.25, 0.3) is 0 Å². The third kappa shape index (κ3) is 9.93. The van der Waals surface area contributed by atoms with Gasteiger partial charge in [-0.3, -0.25) is 4.18 Å². The Kier molecular flexibility index (Phi) is 14.0. The Hall–Kier alpha value is -2.22. The molecule has 0 aliphatic carbocycles. The highest BCUT2D eigenvalue weighted by Gasteiger charge is 2.37. The van der Waals surface area contributed by atoms with Crippen molar-refractivity contribution in [2.75, 3.05) is 46.7 Å². The molecule has 0 saturated heterocycles. The molecule has 0 atom stereocenters. The van der Waals surface area contributed by atoms with Gasteiger partial charge in [0, 0.05) is 12.0 Å². The van der Waals surface area contributed by atoms with Gasteiger partial charge >= 0.3 is 0 Å². The molecule has 0 bridgehead atoms. The van der Waals surface area contributed by atoms with Gasteiger partial charge < -0.3 is 18.9 Å². The predicted octanol–water partition coefficient (Wildman–Crippen LogP) is 9.03. The lowest BCUT2D eigenvalue weighted by Gasteiger charge is -2.47. The van der Waals surface area contributed by atoms with Crippen LogP contribution in [0.2, 0.25) is 0 Å². The van der Waals surface area contributed by atoms with Gasteiger partial charge in [-0.25, -0.2) is 10.0 Å². The van der Waals surface area contributed by atoms with Gasteiger partial charge in [0.25, 0.3) is 0 Å². The van der Waals surface area contributed by atoms with Gasteiger partial charge in [-0.2, -0.15) is 0 Å². The van der Waals surface area contributed by atoms with Crippen LogP contribution in [0.3, 0.4) is 0 Å². The van der Waals surface area contributed by atoms with Crippen molar-refractivity contribution in [1.82, 2.24) is 0 Å². The summed E-state index contributed by atoms with van der Waals surface area (Å²) in [5.74, 6) is 4.20. The molecule has 41 heavy (non-hydrogen) atoms. The minimum Gasteiger partial charge on any atom is -0.493 e. The molecule has 0 saturated carbocycles. The molecule has 5 nitrogen and oxygen atoms in total. The lowest BCUT2D eigenvalue weighted by Crippen LogP contribution is -2.33. The molecule has 2 aromatic rings. The van der Waals surface area contributed by atoms with Gasteiger partial charge in [0.05, 0.1) is 33.2 Å². The normalized spacial score (nSPS) is 14.3. The maximum Gasteiger partial charge on any atom is 0.160 e. The second kappa shape index (κ2) is 16.4. The maximum atomic E-state index is 6.78. The summed E-state index contributed by atoms with van der Waals surface area (Å²) in [6, 6.07) is 12.4. The van der Waals surface area contributed by atoms with Crippen molar-refractivity contribution in [2.45, 2.75) is 69.5 Å². The van der Waals surface area contributed by atoms with Crippen molar-refractivity contribution >= 4 is 22.1 Å². The van der Waals surface area contributed by atoms with Crippen molar-refractivity contribution < 1.29 is 23.1 Å². The fraction of sp³-hybridized carbons (Fsp3) is 0.529.